The van der Waals surface area contributed by atoms with Crippen molar-refractivity contribution < 1.29 is 14.7 Å². The van der Waals surface area contributed by atoms with Crippen LogP contribution in [0.4, 0.5) is 0 Å². The van der Waals surface area contributed by atoms with Gasteiger partial charge in [-0.15, -0.1) is 0 Å². The van der Waals surface area contributed by atoms with Crippen LogP contribution < -0.4 is 5.32 Å². The van der Waals surface area contributed by atoms with Gasteiger partial charge in [-0.25, -0.2) is 0 Å². The number of carbonyl (C=O) groups excluding carboxylic acids is 1. The molecule has 1 fully saturated rings. The molecule has 132 valence electrons. The number of rotatable bonds is 7. The third-order valence-corrected chi connectivity index (χ3v) is 4.62. The maximum Gasteiger partial charge on any atom is 0.308 e. The van der Waals surface area contributed by atoms with Crippen molar-refractivity contribution in [3.8, 4) is 0 Å². The van der Waals surface area contributed by atoms with Crippen molar-refractivity contribution in [3.05, 3.63) is 52.8 Å². The zero-order chi connectivity index (χ0) is 18.0. The van der Waals surface area contributed by atoms with Crippen LogP contribution >= 0.6 is 0 Å². The number of aromatic nitrogens is 2. The molecule has 1 saturated carbocycles. The van der Waals surface area contributed by atoms with Gasteiger partial charge in [-0.3, -0.25) is 14.3 Å². The molecule has 0 spiro atoms. The van der Waals surface area contributed by atoms with Crippen molar-refractivity contribution in [2.75, 3.05) is 6.54 Å². The molecular formula is C19H23N3O3. The number of aryl methyl sites for hydroxylation is 2. The van der Waals surface area contributed by atoms with E-state index in [1.807, 2.05) is 38.2 Å². The van der Waals surface area contributed by atoms with Crippen LogP contribution in [0.3, 0.4) is 0 Å². The number of benzene rings is 1. The molecular weight excluding hydrogens is 318 g/mol. The highest BCUT2D eigenvalue weighted by atomic mass is 16.4. The van der Waals surface area contributed by atoms with Gasteiger partial charge in [0.05, 0.1) is 23.4 Å². The second kappa shape index (κ2) is 7.09. The summed E-state index contributed by atoms with van der Waals surface area (Å²) in [7, 11) is 1.84. The van der Waals surface area contributed by atoms with Crippen LogP contribution in [0.5, 0.6) is 0 Å². The molecule has 0 bridgehead atoms. The van der Waals surface area contributed by atoms with Crippen LogP contribution in [0, 0.1) is 12.8 Å². The number of hydrogen-bond acceptors (Lipinski definition) is 3. The average Bonchev–Trinajstić information content (AvgIpc) is 3.33. The quantitative estimate of drug-likeness (QED) is 0.809. The number of carbonyl (C=O) groups is 2. The van der Waals surface area contributed by atoms with E-state index in [4.69, 9.17) is 0 Å². The van der Waals surface area contributed by atoms with Gasteiger partial charge in [0, 0.05) is 19.5 Å². The number of amides is 1. The van der Waals surface area contributed by atoms with E-state index in [0.29, 0.717) is 17.9 Å². The van der Waals surface area contributed by atoms with Crippen molar-refractivity contribution in [2.24, 2.45) is 13.0 Å². The van der Waals surface area contributed by atoms with E-state index in [-0.39, 0.29) is 12.5 Å². The minimum absolute atomic E-state index is 0.0983. The van der Waals surface area contributed by atoms with Gasteiger partial charge in [-0.05, 0) is 31.7 Å². The summed E-state index contributed by atoms with van der Waals surface area (Å²) in [5.74, 6) is -1.41. The van der Waals surface area contributed by atoms with Crippen molar-refractivity contribution in [1.82, 2.24) is 15.1 Å². The SMILES string of the molecule is Cc1cccc(CC(CNC(=O)c2cnn(C)c2C2CC2)C(=O)O)c1. The Morgan fingerprint density at radius 2 is 2.16 bits per heavy atom. The predicted octanol–water partition coefficient (Wildman–Crippen LogP) is 2.28. The average molecular weight is 341 g/mol. The van der Waals surface area contributed by atoms with Gasteiger partial charge in [0.25, 0.3) is 5.91 Å². The van der Waals surface area contributed by atoms with Crippen LogP contribution in [-0.4, -0.2) is 33.3 Å². The lowest BCUT2D eigenvalue weighted by molar-refractivity contribution is -0.141. The molecule has 6 nitrogen and oxygen atoms in total. The van der Waals surface area contributed by atoms with Gasteiger partial charge < -0.3 is 10.4 Å². The largest absolute Gasteiger partial charge is 0.481 e. The maximum atomic E-state index is 12.5. The summed E-state index contributed by atoms with van der Waals surface area (Å²) in [5, 5.41) is 16.4. The van der Waals surface area contributed by atoms with Crippen LogP contribution in [0.2, 0.25) is 0 Å². The smallest absolute Gasteiger partial charge is 0.308 e. The number of nitrogens with zero attached hydrogens (tertiary/aromatic N) is 2. The Balaban J connectivity index is 1.65. The minimum Gasteiger partial charge on any atom is -0.481 e. The Hall–Kier alpha value is -2.63. The number of carboxylic acid groups (broad SMARTS) is 1. The molecule has 1 aromatic heterocycles. The first kappa shape index (κ1) is 17.2. The van der Waals surface area contributed by atoms with Crippen molar-refractivity contribution >= 4 is 11.9 Å². The second-order valence-electron chi connectivity index (χ2n) is 6.78. The molecule has 0 radical (unpaired) electrons. The molecule has 2 aromatic rings. The molecule has 0 aliphatic heterocycles. The predicted molar refractivity (Wildman–Crippen MR) is 93.5 cm³/mol. The van der Waals surface area contributed by atoms with Gasteiger partial charge in [-0.2, -0.15) is 5.10 Å². The lowest BCUT2D eigenvalue weighted by atomic mass is 9.98. The Morgan fingerprint density at radius 3 is 2.80 bits per heavy atom. The highest BCUT2D eigenvalue weighted by Gasteiger charge is 2.31. The van der Waals surface area contributed by atoms with Gasteiger partial charge in [0.15, 0.2) is 0 Å². The van der Waals surface area contributed by atoms with Crippen LogP contribution in [0.1, 0.15) is 45.9 Å². The van der Waals surface area contributed by atoms with E-state index >= 15 is 0 Å². The fourth-order valence-electron chi connectivity index (χ4n) is 3.14. The monoisotopic (exact) mass is 341 g/mol. The van der Waals surface area contributed by atoms with Gasteiger partial charge >= 0.3 is 5.97 Å². The fraction of sp³-hybridized carbons (Fsp3) is 0.421. The van der Waals surface area contributed by atoms with Gasteiger partial charge in [0.1, 0.15) is 0 Å². The highest BCUT2D eigenvalue weighted by molar-refractivity contribution is 5.95. The third kappa shape index (κ3) is 4.07. The van der Waals surface area contributed by atoms with Crippen molar-refractivity contribution in [3.63, 3.8) is 0 Å². The molecule has 1 aliphatic rings. The summed E-state index contributed by atoms with van der Waals surface area (Å²) < 4.78 is 1.74. The third-order valence-electron chi connectivity index (χ3n) is 4.62. The lowest BCUT2D eigenvalue weighted by Crippen LogP contribution is -2.34. The topological polar surface area (TPSA) is 84.2 Å². The number of hydrogen-bond donors (Lipinski definition) is 2. The number of nitrogens with one attached hydrogen (secondary N) is 1. The molecule has 3 rings (SSSR count). The molecule has 6 heteroatoms. The molecule has 1 aromatic carbocycles. The summed E-state index contributed by atoms with van der Waals surface area (Å²) >= 11 is 0. The van der Waals surface area contributed by atoms with E-state index in [9.17, 15) is 14.7 Å². The van der Waals surface area contributed by atoms with E-state index in [2.05, 4.69) is 10.4 Å². The van der Waals surface area contributed by atoms with E-state index in [1.54, 1.807) is 10.9 Å². The first-order chi connectivity index (χ1) is 12.0. The molecule has 1 amide bonds. The van der Waals surface area contributed by atoms with E-state index in [0.717, 1.165) is 29.7 Å². The molecule has 1 atom stereocenters. The first-order valence-corrected chi connectivity index (χ1v) is 8.54. The highest BCUT2D eigenvalue weighted by Crippen LogP contribution is 2.41. The van der Waals surface area contributed by atoms with Crippen LogP contribution in [-0.2, 0) is 18.3 Å². The number of carboxylic acids is 1. The normalized spacial score (nSPS) is 15.0. The zero-order valence-corrected chi connectivity index (χ0v) is 14.5. The molecule has 2 N–H and O–H groups in total. The molecule has 1 unspecified atom stereocenters. The van der Waals surface area contributed by atoms with Crippen LogP contribution in [0.25, 0.3) is 0 Å². The summed E-state index contributed by atoms with van der Waals surface area (Å²) in [6.07, 6.45) is 4.11. The van der Waals surface area contributed by atoms with Crippen LogP contribution in [0.15, 0.2) is 30.5 Å². The summed E-state index contributed by atoms with van der Waals surface area (Å²) in [6, 6.07) is 7.78. The Kier molecular flexibility index (Phi) is 4.88. The molecule has 1 heterocycles. The Bertz CT molecular complexity index is 793. The van der Waals surface area contributed by atoms with Crippen molar-refractivity contribution in [1.29, 1.82) is 0 Å². The van der Waals surface area contributed by atoms with E-state index in [1.165, 1.54) is 0 Å². The minimum atomic E-state index is -0.907. The fourth-order valence-corrected chi connectivity index (χ4v) is 3.14. The Labute approximate surface area is 146 Å². The summed E-state index contributed by atoms with van der Waals surface area (Å²) in [6.45, 7) is 2.07. The summed E-state index contributed by atoms with van der Waals surface area (Å²) in [5.41, 5.74) is 3.56. The van der Waals surface area contributed by atoms with Crippen molar-refractivity contribution in [2.45, 2.75) is 32.1 Å². The molecule has 1 aliphatic carbocycles. The lowest BCUT2D eigenvalue weighted by Gasteiger charge is -2.14. The second-order valence-corrected chi connectivity index (χ2v) is 6.78. The molecule has 25 heavy (non-hydrogen) atoms. The van der Waals surface area contributed by atoms with Gasteiger partial charge in [-0.1, -0.05) is 29.8 Å². The number of aliphatic carboxylic acids is 1. The summed E-state index contributed by atoms with van der Waals surface area (Å²) in [4.78, 5) is 24.0. The van der Waals surface area contributed by atoms with Gasteiger partial charge in [0.2, 0.25) is 0 Å². The Morgan fingerprint density at radius 1 is 1.40 bits per heavy atom. The van der Waals surface area contributed by atoms with E-state index < -0.39 is 11.9 Å². The first-order valence-electron chi connectivity index (χ1n) is 8.54. The maximum absolute atomic E-state index is 12.5. The molecule has 0 saturated heterocycles. The zero-order valence-electron chi connectivity index (χ0n) is 14.5. The standard InChI is InChI=1S/C19H23N3O3/c1-12-4-3-5-13(8-12)9-15(19(24)25)10-20-18(23)16-11-21-22(2)17(16)14-6-7-14/h3-5,8,11,14-15H,6-7,9-10H2,1-2H3,(H,20,23)(H,24,25).